The maximum Gasteiger partial charge on any atom is 0.347 e. The van der Waals surface area contributed by atoms with Crippen molar-refractivity contribution < 1.29 is 27.5 Å². The van der Waals surface area contributed by atoms with Crippen LogP contribution in [0.2, 0.25) is 0 Å². The van der Waals surface area contributed by atoms with Gasteiger partial charge in [0.05, 0.1) is 5.92 Å². The molecule has 0 saturated carbocycles. The fourth-order valence-electron chi connectivity index (χ4n) is 3.70. The van der Waals surface area contributed by atoms with Crippen LogP contribution in [0.5, 0.6) is 0 Å². The van der Waals surface area contributed by atoms with Gasteiger partial charge in [0, 0.05) is 25.1 Å². The summed E-state index contributed by atoms with van der Waals surface area (Å²) in [6, 6.07) is 6.74. The zero-order valence-corrected chi connectivity index (χ0v) is 15.6. The molecule has 9 heteroatoms. The SMILES string of the molecule is CC1CC(OC(=O)C2CCN(C3=NS(=O)(=O)c4ccccc43)CC2)C(=O)O1. The topological polar surface area (TPSA) is 102 Å². The number of hydrogen-bond donors (Lipinski definition) is 0. The molecule has 0 aliphatic carbocycles. The first-order chi connectivity index (χ1) is 12.8. The molecule has 1 aromatic rings. The Kier molecular flexibility index (Phi) is 4.41. The number of cyclic esters (lactones) is 1. The number of sulfonamides is 1. The second-order valence-electron chi connectivity index (χ2n) is 7.06. The van der Waals surface area contributed by atoms with Crippen LogP contribution in [-0.4, -0.2) is 56.4 Å². The Labute approximate surface area is 157 Å². The molecule has 0 spiro atoms. The van der Waals surface area contributed by atoms with Gasteiger partial charge in [0.15, 0.2) is 5.84 Å². The van der Waals surface area contributed by atoms with Crippen molar-refractivity contribution in [2.45, 2.75) is 43.3 Å². The van der Waals surface area contributed by atoms with Gasteiger partial charge >= 0.3 is 11.9 Å². The zero-order valence-electron chi connectivity index (χ0n) is 14.8. The van der Waals surface area contributed by atoms with Crippen molar-refractivity contribution in [1.82, 2.24) is 4.90 Å². The molecule has 0 radical (unpaired) electrons. The summed E-state index contributed by atoms with van der Waals surface area (Å²) in [6.45, 7) is 2.75. The summed E-state index contributed by atoms with van der Waals surface area (Å²) in [5.74, 6) is -0.771. The van der Waals surface area contributed by atoms with Gasteiger partial charge in [-0.3, -0.25) is 4.79 Å². The van der Waals surface area contributed by atoms with Crippen LogP contribution >= 0.6 is 0 Å². The third-order valence-corrected chi connectivity index (χ3v) is 6.45. The summed E-state index contributed by atoms with van der Waals surface area (Å²) in [5.41, 5.74) is 0.598. The van der Waals surface area contributed by atoms with Gasteiger partial charge in [-0.05, 0) is 31.9 Å². The van der Waals surface area contributed by atoms with Gasteiger partial charge in [0.25, 0.3) is 10.0 Å². The second-order valence-corrected chi connectivity index (χ2v) is 8.63. The molecule has 0 amide bonds. The number of ether oxygens (including phenoxy) is 2. The number of amidine groups is 1. The van der Waals surface area contributed by atoms with Crippen LogP contribution in [0, 0.1) is 5.92 Å². The third kappa shape index (κ3) is 3.31. The standard InChI is InChI=1S/C18H20N2O6S/c1-11-10-14(18(22)25-11)26-17(21)12-6-8-20(9-7-12)16-13-4-2-3-5-15(13)27(23,24)19-16/h2-5,11-12,14H,6-10H2,1H3. The molecule has 2 saturated heterocycles. The van der Waals surface area contributed by atoms with Gasteiger partial charge in [-0.2, -0.15) is 8.42 Å². The van der Waals surface area contributed by atoms with Crippen molar-refractivity contribution in [2.24, 2.45) is 10.3 Å². The highest BCUT2D eigenvalue weighted by Crippen LogP contribution is 2.30. The van der Waals surface area contributed by atoms with E-state index in [1.165, 1.54) is 0 Å². The van der Waals surface area contributed by atoms with Crippen molar-refractivity contribution in [3.63, 3.8) is 0 Å². The number of likely N-dealkylation sites (tertiary alicyclic amines) is 1. The van der Waals surface area contributed by atoms with Crippen LogP contribution in [0.3, 0.4) is 0 Å². The number of nitrogens with zero attached hydrogens (tertiary/aromatic N) is 2. The Hall–Kier alpha value is -2.42. The lowest BCUT2D eigenvalue weighted by atomic mass is 9.96. The first-order valence-corrected chi connectivity index (χ1v) is 10.4. The fourth-order valence-corrected chi connectivity index (χ4v) is 4.92. The van der Waals surface area contributed by atoms with Gasteiger partial charge in [-0.1, -0.05) is 12.1 Å². The molecule has 4 rings (SSSR count). The third-order valence-electron chi connectivity index (χ3n) is 5.12. The largest absolute Gasteiger partial charge is 0.460 e. The van der Waals surface area contributed by atoms with Crippen LogP contribution in [-0.2, 0) is 29.1 Å². The van der Waals surface area contributed by atoms with Crippen LogP contribution in [0.25, 0.3) is 0 Å². The van der Waals surface area contributed by atoms with E-state index in [-0.39, 0.29) is 16.9 Å². The predicted molar refractivity (Wildman–Crippen MR) is 94.5 cm³/mol. The highest BCUT2D eigenvalue weighted by Gasteiger charge is 2.38. The van der Waals surface area contributed by atoms with E-state index < -0.39 is 28.1 Å². The summed E-state index contributed by atoms with van der Waals surface area (Å²) in [7, 11) is -3.66. The van der Waals surface area contributed by atoms with Crippen LogP contribution < -0.4 is 0 Å². The molecular weight excluding hydrogens is 372 g/mol. The van der Waals surface area contributed by atoms with Crippen molar-refractivity contribution in [1.29, 1.82) is 0 Å². The number of piperidine rings is 1. The molecule has 2 atom stereocenters. The Morgan fingerprint density at radius 2 is 1.96 bits per heavy atom. The molecule has 3 heterocycles. The molecule has 1 aromatic carbocycles. The van der Waals surface area contributed by atoms with Crippen molar-refractivity contribution in [2.75, 3.05) is 13.1 Å². The van der Waals surface area contributed by atoms with Crippen molar-refractivity contribution >= 4 is 27.8 Å². The van der Waals surface area contributed by atoms with Gasteiger partial charge in [-0.15, -0.1) is 4.40 Å². The fraction of sp³-hybridized carbons (Fsp3) is 0.500. The van der Waals surface area contributed by atoms with E-state index in [9.17, 15) is 18.0 Å². The first-order valence-electron chi connectivity index (χ1n) is 8.95. The molecular formula is C18H20N2O6S. The number of benzene rings is 1. The molecule has 8 nitrogen and oxygen atoms in total. The Morgan fingerprint density at radius 3 is 2.63 bits per heavy atom. The number of rotatable bonds is 2. The molecule has 2 fully saturated rings. The molecule has 0 bridgehead atoms. The number of esters is 2. The Bertz CT molecular complexity index is 918. The van der Waals surface area contributed by atoms with E-state index in [0.29, 0.717) is 43.8 Å². The van der Waals surface area contributed by atoms with Gasteiger partial charge in [-0.25, -0.2) is 4.79 Å². The van der Waals surface area contributed by atoms with Crippen LogP contribution in [0.4, 0.5) is 0 Å². The number of carbonyl (C=O) groups excluding carboxylic acids is 2. The van der Waals surface area contributed by atoms with E-state index in [4.69, 9.17) is 9.47 Å². The quantitative estimate of drug-likeness (QED) is 0.694. The minimum Gasteiger partial charge on any atom is -0.460 e. The summed E-state index contributed by atoms with van der Waals surface area (Å²) in [4.78, 5) is 26.1. The maximum absolute atomic E-state index is 12.4. The monoisotopic (exact) mass is 392 g/mol. The molecule has 2 unspecified atom stereocenters. The molecule has 0 N–H and O–H groups in total. The normalized spacial score (nSPS) is 27.1. The minimum absolute atomic E-state index is 0.218. The average Bonchev–Trinajstić information content (AvgIpc) is 3.11. The summed E-state index contributed by atoms with van der Waals surface area (Å²) in [6.07, 6.45) is 0.352. The Morgan fingerprint density at radius 1 is 1.26 bits per heavy atom. The van der Waals surface area contributed by atoms with Crippen LogP contribution in [0.1, 0.15) is 31.7 Å². The highest BCUT2D eigenvalue weighted by molar-refractivity contribution is 7.90. The van der Waals surface area contributed by atoms with Gasteiger partial charge < -0.3 is 14.4 Å². The lowest BCUT2D eigenvalue weighted by molar-refractivity contribution is -0.164. The number of hydrogen-bond acceptors (Lipinski definition) is 7. The molecule has 3 aliphatic rings. The van der Waals surface area contributed by atoms with E-state index in [1.807, 2.05) is 4.90 Å². The van der Waals surface area contributed by atoms with Gasteiger partial charge in [0.1, 0.15) is 11.0 Å². The summed E-state index contributed by atoms with van der Waals surface area (Å²) in [5, 5.41) is 0. The lowest BCUT2D eigenvalue weighted by Crippen LogP contribution is -2.41. The molecule has 3 aliphatic heterocycles. The molecule has 27 heavy (non-hydrogen) atoms. The first kappa shape index (κ1) is 18.0. The number of carbonyl (C=O) groups is 2. The van der Waals surface area contributed by atoms with E-state index in [2.05, 4.69) is 4.40 Å². The van der Waals surface area contributed by atoms with Crippen LogP contribution in [0.15, 0.2) is 33.6 Å². The number of fused-ring (bicyclic) bond motifs is 1. The minimum atomic E-state index is -3.66. The highest BCUT2D eigenvalue weighted by atomic mass is 32.2. The second kappa shape index (κ2) is 6.63. The van der Waals surface area contributed by atoms with E-state index in [1.54, 1.807) is 31.2 Å². The summed E-state index contributed by atoms with van der Waals surface area (Å²) < 4.78 is 38.6. The Balaban J connectivity index is 1.40. The van der Waals surface area contributed by atoms with Gasteiger partial charge in [0.2, 0.25) is 6.10 Å². The predicted octanol–water partition coefficient (Wildman–Crippen LogP) is 1.09. The molecule has 144 valence electrons. The van der Waals surface area contributed by atoms with E-state index in [0.717, 1.165) is 0 Å². The smallest absolute Gasteiger partial charge is 0.347 e. The lowest BCUT2D eigenvalue weighted by Gasteiger charge is -2.32. The van der Waals surface area contributed by atoms with Crippen molar-refractivity contribution in [3.8, 4) is 0 Å². The van der Waals surface area contributed by atoms with E-state index >= 15 is 0 Å². The molecule has 0 aromatic heterocycles. The summed E-state index contributed by atoms with van der Waals surface area (Å²) >= 11 is 0. The average molecular weight is 392 g/mol. The van der Waals surface area contributed by atoms with Crippen molar-refractivity contribution in [3.05, 3.63) is 29.8 Å². The zero-order chi connectivity index (χ0) is 19.2. The maximum atomic E-state index is 12.4.